The SMILES string of the molecule is COC(OC)C(C)N[C@@H](CO)c1ccccc1. The fourth-order valence-electron chi connectivity index (χ4n) is 1.84. The molecule has 0 amide bonds. The van der Waals surface area contributed by atoms with E-state index in [0.29, 0.717) is 0 Å². The van der Waals surface area contributed by atoms with Crippen molar-refractivity contribution in [2.45, 2.75) is 25.3 Å². The van der Waals surface area contributed by atoms with E-state index in [1.807, 2.05) is 37.3 Å². The number of ether oxygens (including phenoxy) is 2. The van der Waals surface area contributed by atoms with E-state index < -0.39 is 0 Å². The standard InChI is InChI=1S/C13H21NO3/c1-10(13(16-2)17-3)14-12(9-15)11-7-5-4-6-8-11/h4-8,10,12-15H,9H2,1-3H3/t10?,12-/m0/s1. The number of benzene rings is 1. The summed E-state index contributed by atoms with van der Waals surface area (Å²) in [5, 5.41) is 12.7. The number of nitrogens with one attached hydrogen (secondary N) is 1. The highest BCUT2D eigenvalue weighted by Gasteiger charge is 2.20. The van der Waals surface area contributed by atoms with E-state index in [4.69, 9.17) is 9.47 Å². The molecule has 0 aliphatic heterocycles. The van der Waals surface area contributed by atoms with Crippen LogP contribution in [-0.4, -0.2) is 38.3 Å². The van der Waals surface area contributed by atoms with Crippen molar-refractivity contribution in [3.05, 3.63) is 35.9 Å². The second kappa shape index (κ2) is 7.40. The van der Waals surface area contributed by atoms with E-state index in [1.165, 1.54) is 0 Å². The molecule has 0 radical (unpaired) electrons. The van der Waals surface area contributed by atoms with Crippen LogP contribution < -0.4 is 5.32 Å². The average Bonchev–Trinajstić information content (AvgIpc) is 2.38. The van der Waals surface area contributed by atoms with Crippen LogP contribution in [-0.2, 0) is 9.47 Å². The van der Waals surface area contributed by atoms with Crippen molar-refractivity contribution >= 4 is 0 Å². The summed E-state index contributed by atoms with van der Waals surface area (Å²) >= 11 is 0. The molecule has 1 aromatic carbocycles. The van der Waals surface area contributed by atoms with Gasteiger partial charge in [0.15, 0.2) is 6.29 Å². The summed E-state index contributed by atoms with van der Waals surface area (Å²) in [4.78, 5) is 0. The number of hydrogen-bond donors (Lipinski definition) is 2. The van der Waals surface area contributed by atoms with Crippen molar-refractivity contribution in [1.29, 1.82) is 0 Å². The lowest BCUT2D eigenvalue weighted by atomic mass is 10.1. The topological polar surface area (TPSA) is 50.7 Å². The van der Waals surface area contributed by atoms with Crippen molar-refractivity contribution in [2.75, 3.05) is 20.8 Å². The zero-order valence-electron chi connectivity index (χ0n) is 10.6. The van der Waals surface area contributed by atoms with Gasteiger partial charge >= 0.3 is 0 Å². The van der Waals surface area contributed by atoms with Gasteiger partial charge in [-0.2, -0.15) is 0 Å². The monoisotopic (exact) mass is 239 g/mol. The van der Waals surface area contributed by atoms with Crippen molar-refractivity contribution in [2.24, 2.45) is 0 Å². The molecule has 2 N–H and O–H groups in total. The predicted molar refractivity (Wildman–Crippen MR) is 66.7 cm³/mol. The van der Waals surface area contributed by atoms with E-state index in [2.05, 4.69) is 5.32 Å². The van der Waals surface area contributed by atoms with Crippen LogP contribution in [0.25, 0.3) is 0 Å². The highest BCUT2D eigenvalue weighted by molar-refractivity contribution is 5.19. The van der Waals surface area contributed by atoms with Gasteiger partial charge < -0.3 is 19.9 Å². The maximum Gasteiger partial charge on any atom is 0.171 e. The highest BCUT2D eigenvalue weighted by Crippen LogP contribution is 2.13. The van der Waals surface area contributed by atoms with Crippen molar-refractivity contribution < 1.29 is 14.6 Å². The van der Waals surface area contributed by atoms with Gasteiger partial charge in [0.1, 0.15) is 0 Å². The van der Waals surface area contributed by atoms with Crippen LogP contribution >= 0.6 is 0 Å². The zero-order valence-corrected chi connectivity index (χ0v) is 10.6. The first-order valence-corrected chi connectivity index (χ1v) is 5.70. The summed E-state index contributed by atoms with van der Waals surface area (Å²) < 4.78 is 10.4. The first kappa shape index (κ1) is 14.1. The third-order valence-corrected chi connectivity index (χ3v) is 2.72. The molecule has 0 spiro atoms. The molecule has 0 saturated heterocycles. The Kier molecular flexibility index (Phi) is 6.15. The number of aliphatic hydroxyl groups excluding tert-OH is 1. The summed E-state index contributed by atoms with van der Waals surface area (Å²) in [6.07, 6.45) is -0.326. The van der Waals surface area contributed by atoms with Crippen molar-refractivity contribution in [3.63, 3.8) is 0 Å². The lowest BCUT2D eigenvalue weighted by Crippen LogP contribution is -2.42. The third-order valence-electron chi connectivity index (χ3n) is 2.72. The molecule has 4 nitrogen and oxygen atoms in total. The molecular weight excluding hydrogens is 218 g/mol. The van der Waals surface area contributed by atoms with Crippen LogP contribution in [0.15, 0.2) is 30.3 Å². The van der Waals surface area contributed by atoms with Crippen molar-refractivity contribution in [3.8, 4) is 0 Å². The Labute approximate surface area is 103 Å². The lowest BCUT2D eigenvalue weighted by Gasteiger charge is -2.27. The van der Waals surface area contributed by atoms with Crippen molar-refractivity contribution in [1.82, 2.24) is 5.32 Å². The van der Waals surface area contributed by atoms with Crippen LogP contribution in [0.5, 0.6) is 0 Å². The predicted octanol–water partition coefficient (Wildman–Crippen LogP) is 1.32. The maximum absolute atomic E-state index is 9.41. The Morgan fingerprint density at radius 1 is 1.18 bits per heavy atom. The van der Waals surface area contributed by atoms with Gasteiger partial charge in [0, 0.05) is 14.2 Å². The minimum absolute atomic E-state index is 0.0117. The molecule has 96 valence electrons. The molecule has 0 aliphatic rings. The van der Waals surface area contributed by atoms with Gasteiger partial charge in [-0.1, -0.05) is 30.3 Å². The van der Waals surface area contributed by atoms with Crippen LogP contribution in [0.4, 0.5) is 0 Å². The van der Waals surface area contributed by atoms with Crippen LogP contribution in [0, 0.1) is 0 Å². The molecule has 17 heavy (non-hydrogen) atoms. The summed E-state index contributed by atoms with van der Waals surface area (Å²) in [7, 11) is 3.20. The number of rotatable bonds is 7. The zero-order chi connectivity index (χ0) is 12.7. The van der Waals surface area contributed by atoms with Gasteiger partial charge in [0.2, 0.25) is 0 Å². The molecule has 0 saturated carbocycles. The minimum atomic E-state index is -0.326. The Bertz CT molecular complexity index is 301. The summed E-state index contributed by atoms with van der Waals surface area (Å²) in [6, 6.07) is 9.70. The molecule has 1 rings (SSSR count). The normalized spacial score (nSPS) is 14.9. The van der Waals surface area contributed by atoms with Crippen LogP contribution in [0.3, 0.4) is 0 Å². The Hall–Kier alpha value is -0.940. The molecule has 1 unspecified atom stereocenters. The largest absolute Gasteiger partial charge is 0.394 e. The maximum atomic E-state index is 9.41. The van der Waals surface area contributed by atoms with Gasteiger partial charge in [-0.3, -0.25) is 0 Å². The fraction of sp³-hybridized carbons (Fsp3) is 0.538. The number of hydrogen-bond acceptors (Lipinski definition) is 4. The minimum Gasteiger partial charge on any atom is -0.394 e. The third kappa shape index (κ3) is 4.09. The van der Waals surface area contributed by atoms with Gasteiger partial charge in [-0.25, -0.2) is 0 Å². The summed E-state index contributed by atoms with van der Waals surface area (Å²) in [5.74, 6) is 0. The molecular formula is C13H21NO3. The smallest absolute Gasteiger partial charge is 0.171 e. The first-order valence-electron chi connectivity index (χ1n) is 5.70. The first-order chi connectivity index (χ1) is 8.22. The lowest BCUT2D eigenvalue weighted by molar-refractivity contribution is -0.121. The number of methoxy groups -OCH3 is 2. The van der Waals surface area contributed by atoms with E-state index >= 15 is 0 Å². The number of aliphatic hydroxyl groups is 1. The van der Waals surface area contributed by atoms with Gasteiger partial charge in [0.05, 0.1) is 18.7 Å². The summed E-state index contributed by atoms with van der Waals surface area (Å²) in [6.45, 7) is 2.00. The molecule has 0 aliphatic carbocycles. The van der Waals surface area contributed by atoms with E-state index in [-0.39, 0.29) is 25.0 Å². The van der Waals surface area contributed by atoms with E-state index in [0.717, 1.165) is 5.56 Å². The Balaban J connectivity index is 2.64. The average molecular weight is 239 g/mol. The highest BCUT2D eigenvalue weighted by atomic mass is 16.7. The Morgan fingerprint density at radius 2 is 1.76 bits per heavy atom. The van der Waals surface area contributed by atoms with Gasteiger partial charge in [-0.05, 0) is 12.5 Å². The molecule has 0 heterocycles. The van der Waals surface area contributed by atoms with Crippen LogP contribution in [0.1, 0.15) is 18.5 Å². The van der Waals surface area contributed by atoms with Gasteiger partial charge in [0.25, 0.3) is 0 Å². The quantitative estimate of drug-likeness (QED) is 0.705. The molecule has 0 aromatic heterocycles. The van der Waals surface area contributed by atoms with Gasteiger partial charge in [-0.15, -0.1) is 0 Å². The molecule has 1 aromatic rings. The molecule has 0 bridgehead atoms. The molecule has 4 heteroatoms. The van der Waals surface area contributed by atoms with E-state index in [9.17, 15) is 5.11 Å². The molecule has 2 atom stereocenters. The van der Waals surface area contributed by atoms with E-state index in [1.54, 1.807) is 14.2 Å². The Morgan fingerprint density at radius 3 is 2.24 bits per heavy atom. The van der Waals surface area contributed by atoms with Crippen LogP contribution in [0.2, 0.25) is 0 Å². The fourth-order valence-corrected chi connectivity index (χ4v) is 1.84. The second-order valence-corrected chi connectivity index (χ2v) is 3.94. The summed E-state index contributed by atoms with van der Waals surface area (Å²) in [5.41, 5.74) is 1.05. The second-order valence-electron chi connectivity index (χ2n) is 3.94. The molecule has 0 fully saturated rings.